The summed E-state index contributed by atoms with van der Waals surface area (Å²) in [5.74, 6) is 0. The van der Waals surface area contributed by atoms with Crippen LogP contribution in [0.15, 0.2) is 6.07 Å². The molecule has 0 N–H and O–H groups in total. The minimum atomic E-state index is -0.159. The van der Waals surface area contributed by atoms with Crippen molar-refractivity contribution in [1.82, 2.24) is 4.57 Å². The van der Waals surface area contributed by atoms with E-state index in [9.17, 15) is 0 Å². The van der Waals surface area contributed by atoms with E-state index in [0.717, 1.165) is 5.69 Å². The summed E-state index contributed by atoms with van der Waals surface area (Å²) in [6, 6.07) is 2.14. The quantitative estimate of drug-likeness (QED) is 0.661. The summed E-state index contributed by atoms with van der Waals surface area (Å²) in [6.45, 7) is 6.07. The summed E-state index contributed by atoms with van der Waals surface area (Å²) in [7, 11) is 2.04. The fourth-order valence-electron chi connectivity index (χ4n) is 1.77. The van der Waals surface area contributed by atoms with Gasteiger partial charge in [-0.3, -0.25) is 0 Å². The first-order valence-electron chi connectivity index (χ1n) is 4.53. The van der Waals surface area contributed by atoms with Gasteiger partial charge in [0.1, 0.15) is 0 Å². The van der Waals surface area contributed by atoms with Gasteiger partial charge in [-0.05, 0) is 32.4 Å². The predicted octanol–water partition coefficient (Wildman–Crippen LogP) is 2.03. The molecule has 0 unspecified atom stereocenters. The van der Waals surface area contributed by atoms with Crippen molar-refractivity contribution in [3.63, 3.8) is 0 Å². The molecule has 0 amide bonds. The molecule has 1 aromatic heterocycles. The van der Waals surface area contributed by atoms with Gasteiger partial charge in [0, 0.05) is 12.7 Å². The molecule has 1 saturated heterocycles. The highest BCUT2D eigenvalue weighted by molar-refractivity contribution is 5.27. The van der Waals surface area contributed by atoms with E-state index < -0.39 is 0 Å². The average molecular weight is 181 g/mol. The average Bonchev–Trinajstić information content (AvgIpc) is 2.22. The minimum Gasteiger partial charge on any atom is -0.347 e. The van der Waals surface area contributed by atoms with Gasteiger partial charge in [-0.1, -0.05) is 0 Å². The summed E-state index contributed by atoms with van der Waals surface area (Å²) in [5.41, 5.74) is 3.60. The summed E-state index contributed by atoms with van der Waals surface area (Å²) < 4.78 is 13.0. The molecule has 2 rings (SSSR count). The van der Waals surface area contributed by atoms with Crippen molar-refractivity contribution in [1.29, 1.82) is 0 Å². The topological polar surface area (TPSA) is 23.4 Å². The SMILES string of the molecule is Cc1cc(C)n(C)c1C1OC(C)O1. The Morgan fingerprint density at radius 3 is 2.31 bits per heavy atom. The molecular weight excluding hydrogens is 166 g/mol. The molecule has 0 aliphatic carbocycles. The monoisotopic (exact) mass is 181 g/mol. The van der Waals surface area contributed by atoms with E-state index >= 15 is 0 Å². The second-order valence-electron chi connectivity index (χ2n) is 3.58. The fourth-order valence-corrected chi connectivity index (χ4v) is 1.77. The van der Waals surface area contributed by atoms with E-state index in [-0.39, 0.29) is 12.6 Å². The van der Waals surface area contributed by atoms with Crippen LogP contribution in [0, 0.1) is 13.8 Å². The lowest BCUT2D eigenvalue weighted by molar-refractivity contribution is -0.384. The molecule has 0 aromatic carbocycles. The maximum Gasteiger partial charge on any atom is 0.204 e. The van der Waals surface area contributed by atoms with Crippen LogP contribution in [0.1, 0.15) is 30.2 Å². The van der Waals surface area contributed by atoms with E-state index in [0.29, 0.717) is 0 Å². The van der Waals surface area contributed by atoms with Crippen LogP contribution in [0.25, 0.3) is 0 Å². The highest BCUT2D eigenvalue weighted by Crippen LogP contribution is 2.34. The molecule has 0 spiro atoms. The summed E-state index contributed by atoms with van der Waals surface area (Å²) >= 11 is 0. The van der Waals surface area contributed by atoms with Crippen molar-refractivity contribution in [2.75, 3.05) is 0 Å². The van der Waals surface area contributed by atoms with Crippen LogP contribution in [0.2, 0.25) is 0 Å². The Hall–Kier alpha value is -0.800. The lowest BCUT2D eigenvalue weighted by atomic mass is 10.2. The van der Waals surface area contributed by atoms with Gasteiger partial charge < -0.3 is 14.0 Å². The Morgan fingerprint density at radius 2 is 1.92 bits per heavy atom. The van der Waals surface area contributed by atoms with Gasteiger partial charge in [-0.25, -0.2) is 0 Å². The Kier molecular flexibility index (Phi) is 1.93. The van der Waals surface area contributed by atoms with Gasteiger partial charge in [-0.15, -0.1) is 0 Å². The van der Waals surface area contributed by atoms with Crippen LogP contribution in [0.5, 0.6) is 0 Å². The molecule has 0 radical (unpaired) electrons. The maximum atomic E-state index is 5.46. The Labute approximate surface area is 78.3 Å². The van der Waals surface area contributed by atoms with Crippen molar-refractivity contribution in [3.8, 4) is 0 Å². The van der Waals surface area contributed by atoms with Gasteiger partial charge in [-0.2, -0.15) is 0 Å². The molecular formula is C10H15NO2. The van der Waals surface area contributed by atoms with Crippen LogP contribution >= 0.6 is 0 Å². The van der Waals surface area contributed by atoms with Gasteiger partial charge in [0.15, 0.2) is 6.29 Å². The lowest BCUT2D eigenvalue weighted by Gasteiger charge is -2.34. The predicted molar refractivity (Wildman–Crippen MR) is 49.3 cm³/mol. The molecule has 0 atom stereocenters. The number of ether oxygens (including phenoxy) is 2. The van der Waals surface area contributed by atoms with E-state index in [1.807, 2.05) is 14.0 Å². The lowest BCUT2D eigenvalue weighted by Crippen LogP contribution is -2.33. The number of aromatic nitrogens is 1. The zero-order valence-electron chi connectivity index (χ0n) is 8.50. The Bertz CT molecular complexity index is 324. The molecule has 3 nitrogen and oxygen atoms in total. The van der Waals surface area contributed by atoms with E-state index in [2.05, 4.69) is 24.5 Å². The van der Waals surface area contributed by atoms with Crippen LogP contribution in [0.3, 0.4) is 0 Å². The number of nitrogens with zero attached hydrogens (tertiary/aromatic N) is 1. The van der Waals surface area contributed by atoms with Crippen LogP contribution in [-0.2, 0) is 16.5 Å². The molecule has 1 aliphatic rings. The molecule has 2 heterocycles. The molecule has 1 fully saturated rings. The second-order valence-corrected chi connectivity index (χ2v) is 3.58. The molecule has 3 heteroatoms. The molecule has 72 valence electrons. The summed E-state index contributed by atoms with van der Waals surface area (Å²) in [6.07, 6.45) is -0.215. The molecule has 1 aliphatic heterocycles. The normalized spacial score (nSPS) is 27.4. The number of rotatable bonds is 1. The molecule has 0 saturated carbocycles. The first kappa shape index (κ1) is 8.78. The smallest absolute Gasteiger partial charge is 0.204 e. The van der Waals surface area contributed by atoms with Crippen molar-refractivity contribution in [2.45, 2.75) is 33.4 Å². The van der Waals surface area contributed by atoms with Crippen molar-refractivity contribution >= 4 is 0 Å². The third-order valence-corrected chi connectivity index (χ3v) is 2.57. The van der Waals surface area contributed by atoms with Crippen LogP contribution in [-0.4, -0.2) is 10.9 Å². The van der Waals surface area contributed by atoms with Crippen molar-refractivity contribution < 1.29 is 9.47 Å². The zero-order valence-corrected chi connectivity index (χ0v) is 8.50. The Morgan fingerprint density at radius 1 is 1.31 bits per heavy atom. The van der Waals surface area contributed by atoms with Gasteiger partial charge in [0.05, 0.1) is 5.69 Å². The maximum absolute atomic E-state index is 5.46. The number of hydrogen-bond acceptors (Lipinski definition) is 2. The molecule has 1 aromatic rings. The zero-order chi connectivity index (χ0) is 9.59. The fraction of sp³-hybridized carbons (Fsp3) is 0.600. The molecule has 13 heavy (non-hydrogen) atoms. The largest absolute Gasteiger partial charge is 0.347 e. The Balaban J connectivity index is 2.29. The van der Waals surface area contributed by atoms with E-state index in [1.165, 1.54) is 11.3 Å². The first-order valence-corrected chi connectivity index (χ1v) is 4.53. The number of aryl methyl sites for hydroxylation is 2. The third-order valence-electron chi connectivity index (χ3n) is 2.57. The highest BCUT2D eigenvalue weighted by Gasteiger charge is 2.31. The van der Waals surface area contributed by atoms with Crippen molar-refractivity contribution in [3.05, 3.63) is 23.0 Å². The van der Waals surface area contributed by atoms with Gasteiger partial charge >= 0.3 is 0 Å². The second kappa shape index (κ2) is 2.86. The van der Waals surface area contributed by atoms with Gasteiger partial charge in [0.25, 0.3) is 0 Å². The van der Waals surface area contributed by atoms with Crippen molar-refractivity contribution in [2.24, 2.45) is 7.05 Å². The number of hydrogen-bond donors (Lipinski definition) is 0. The van der Waals surface area contributed by atoms with E-state index in [1.54, 1.807) is 0 Å². The summed E-state index contributed by atoms with van der Waals surface area (Å²) in [5, 5.41) is 0. The first-order chi connectivity index (χ1) is 6.09. The molecule has 0 bridgehead atoms. The van der Waals surface area contributed by atoms with Crippen LogP contribution in [0.4, 0.5) is 0 Å². The highest BCUT2D eigenvalue weighted by atomic mass is 16.9. The van der Waals surface area contributed by atoms with Gasteiger partial charge in [0.2, 0.25) is 6.29 Å². The standard InChI is InChI=1S/C10H15NO2/c1-6-5-7(2)11(4)9(6)10-12-8(3)13-10/h5,8,10H,1-4H3. The van der Waals surface area contributed by atoms with E-state index in [4.69, 9.17) is 9.47 Å². The summed E-state index contributed by atoms with van der Waals surface area (Å²) in [4.78, 5) is 0. The van der Waals surface area contributed by atoms with Crippen LogP contribution < -0.4 is 0 Å². The third kappa shape index (κ3) is 1.28. The minimum absolute atomic E-state index is 0.0559.